The second-order valence-corrected chi connectivity index (χ2v) is 4.45. The monoisotopic (exact) mass is 232 g/mol. The van der Waals surface area contributed by atoms with Crippen LogP contribution in [0.15, 0.2) is 18.2 Å². The van der Waals surface area contributed by atoms with Gasteiger partial charge in [-0.15, -0.1) is 0 Å². The van der Waals surface area contributed by atoms with Crippen LogP contribution in [0.3, 0.4) is 0 Å². The Hall–Kier alpha value is -1.57. The number of rotatable bonds is 2. The maximum atomic E-state index is 9.72. The summed E-state index contributed by atoms with van der Waals surface area (Å²) in [5.74, 6) is 0. The maximum Gasteiger partial charge on any atom is 0.0992 e. The van der Waals surface area contributed by atoms with Crippen LogP contribution < -0.4 is 4.90 Å². The topological polar surface area (TPSA) is 67.5 Å². The molecule has 0 amide bonds. The van der Waals surface area contributed by atoms with Gasteiger partial charge in [-0.3, -0.25) is 0 Å². The highest BCUT2D eigenvalue weighted by Crippen LogP contribution is 2.30. The number of benzene rings is 1. The first-order valence-corrected chi connectivity index (χ1v) is 5.77. The molecule has 2 unspecified atom stereocenters. The highest BCUT2D eigenvalue weighted by atomic mass is 16.3. The van der Waals surface area contributed by atoms with Gasteiger partial charge in [-0.05, 0) is 25.5 Å². The van der Waals surface area contributed by atoms with Gasteiger partial charge in [-0.2, -0.15) is 5.26 Å². The maximum absolute atomic E-state index is 9.72. The van der Waals surface area contributed by atoms with E-state index in [4.69, 9.17) is 5.26 Å². The average molecular weight is 232 g/mol. The average Bonchev–Trinajstić information content (AvgIpc) is 2.75. The summed E-state index contributed by atoms with van der Waals surface area (Å²) >= 11 is 0. The molecule has 2 N–H and O–H groups in total. The molecule has 1 aliphatic rings. The fourth-order valence-corrected chi connectivity index (χ4v) is 2.20. The largest absolute Gasteiger partial charge is 0.391 e. The van der Waals surface area contributed by atoms with Crippen LogP contribution in [0.4, 0.5) is 5.69 Å². The Morgan fingerprint density at radius 3 is 2.82 bits per heavy atom. The fourth-order valence-electron chi connectivity index (χ4n) is 2.20. The van der Waals surface area contributed by atoms with Gasteiger partial charge in [0, 0.05) is 24.3 Å². The van der Waals surface area contributed by atoms with E-state index in [0.29, 0.717) is 12.1 Å². The number of β-amino-alcohol motifs (C(OH)–C–C–N with tert-alkyl or cyclic N) is 1. The normalized spacial score (nSPS) is 21.3. The molecule has 1 aromatic rings. The number of hydrogen-bond donors (Lipinski definition) is 2. The molecule has 0 radical (unpaired) electrons. The van der Waals surface area contributed by atoms with Crippen molar-refractivity contribution in [3.8, 4) is 6.07 Å². The lowest BCUT2D eigenvalue weighted by atomic mass is 10.0. The van der Waals surface area contributed by atoms with Gasteiger partial charge in [0.2, 0.25) is 0 Å². The molecule has 4 heteroatoms. The SMILES string of the molecule is CC(O)c1ccc(C#N)cc1N1CCC(O)C1. The summed E-state index contributed by atoms with van der Waals surface area (Å²) in [7, 11) is 0. The number of aliphatic hydroxyl groups excluding tert-OH is 2. The summed E-state index contributed by atoms with van der Waals surface area (Å²) < 4.78 is 0. The molecule has 1 saturated heterocycles. The van der Waals surface area contributed by atoms with Crippen LogP contribution in [0.2, 0.25) is 0 Å². The first-order chi connectivity index (χ1) is 8.11. The van der Waals surface area contributed by atoms with Gasteiger partial charge < -0.3 is 15.1 Å². The standard InChI is InChI=1S/C13H16N2O2/c1-9(16)12-3-2-10(7-14)6-13(12)15-5-4-11(17)8-15/h2-3,6,9,11,16-17H,4-5,8H2,1H3. The van der Waals surface area contributed by atoms with Gasteiger partial charge in [0.1, 0.15) is 0 Å². The van der Waals surface area contributed by atoms with E-state index in [-0.39, 0.29) is 6.10 Å². The van der Waals surface area contributed by atoms with E-state index in [0.717, 1.165) is 24.2 Å². The molecule has 90 valence electrons. The Balaban J connectivity index is 2.39. The number of anilines is 1. The highest BCUT2D eigenvalue weighted by molar-refractivity contribution is 5.59. The predicted octanol–water partition coefficient (Wildman–Crippen LogP) is 1.18. The molecule has 0 aromatic heterocycles. The summed E-state index contributed by atoms with van der Waals surface area (Å²) in [5, 5.41) is 28.2. The third-order valence-corrected chi connectivity index (χ3v) is 3.11. The van der Waals surface area contributed by atoms with Gasteiger partial charge in [-0.25, -0.2) is 0 Å². The minimum absolute atomic E-state index is 0.317. The minimum Gasteiger partial charge on any atom is -0.391 e. The third-order valence-electron chi connectivity index (χ3n) is 3.11. The van der Waals surface area contributed by atoms with Crippen molar-refractivity contribution in [1.82, 2.24) is 0 Å². The van der Waals surface area contributed by atoms with Crippen LogP contribution in [-0.2, 0) is 0 Å². The van der Waals surface area contributed by atoms with Gasteiger partial charge >= 0.3 is 0 Å². The van der Waals surface area contributed by atoms with Crippen LogP contribution >= 0.6 is 0 Å². The van der Waals surface area contributed by atoms with E-state index in [9.17, 15) is 10.2 Å². The summed E-state index contributed by atoms with van der Waals surface area (Å²) in [4.78, 5) is 2.02. The number of aliphatic hydroxyl groups is 2. The Labute approximate surface area is 101 Å². The van der Waals surface area contributed by atoms with E-state index in [1.807, 2.05) is 4.90 Å². The third kappa shape index (κ3) is 2.41. The molecule has 0 spiro atoms. The van der Waals surface area contributed by atoms with Crippen molar-refractivity contribution in [2.75, 3.05) is 18.0 Å². The summed E-state index contributed by atoms with van der Waals surface area (Å²) in [6.07, 6.45) is -0.158. The number of nitrogens with zero attached hydrogens (tertiary/aromatic N) is 2. The van der Waals surface area contributed by atoms with Crippen LogP contribution in [-0.4, -0.2) is 29.4 Å². The zero-order valence-corrected chi connectivity index (χ0v) is 9.80. The van der Waals surface area contributed by atoms with Crippen molar-refractivity contribution in [3.05, 3.63) is 29.3 Å². The highest BCUT2D eigenvalue weighted by Gasteiger charge is 2.23. The first kappa shape index (κ1) is 11.9. The van der Waals surface area contributed by atoms with Gasteiger partial charge in [0.25, 0.3) is 0 Å². The van der Waals surface area contributed by atoms with E-state index in [2.05, 4.69) is 6.07 Å². The molecule has 1 aliphatic heterocycles. The van der Waals surface area contributed by atoms with Crippen LogP contribution in [0.1, 0.15) is 30.6 Å². The fraction of sp³-hybridized carbons (Fsp3) is 0.462. The second-order valence-electron chi connectivity index (χ2n) is 4.45. The van der Waals surface area contributed by atoms with Crippen molar-refractivity contribution in [1.29, 1.82) is 5.26 Å². The second kappa shape index (κ2) is 4.74. The predicted molar refractivity (Wildman–Crippen MR) is 64.6 cm³/mol. The van der Waals surface area contributed by atoms with Crippen molar-refractivity contribution in [2.24, 2.45) is 0 Å². The minimum atomic E-state index is -0.574. The lowest BCUT2D eigenvalue weighted by molar-refractivity contribution is 0.196. The number of nitriles is 1. The zero-order chi connectivity index (χ0) is 12.4. The van der Waals surface area contributed by atoms with Gasteiger partial charge in [0.15, 0.2) is 0 Å². The summed E-state index contributed by atoms with van der Waals surface area (Å²) in [5.41, 5.74) is 2.24. The number of hydrogen-bond acceptors (Lipinski definition) is 4. The molecule has 1 aromatic carbocycles. The summed E-state index contributed by atoms with van der Waals surface area (Å²) in [6.45, 7) is 3.03. The van der Waals surface area contributed by atoms with E-state index in [1.54, 1.807) is 25.1 Å². The molecular weight excluding hydrogens is 216 g/mol. The Morgan fingerprint density at radius 1 is 1.53 bits per heavy atom. The molecule has 0 saturated carbocycles. The molecule has 17 heavy (non-hydrogen) atoms. The van der Waals surface area contributed by atoms with Crippen molar-refractivity contribution >= 4 is 5.69 Å². The van der Waals surface area contributed by atoms with Crippen LogP contribution in [0.25, 0.3) is 0 Å². The Bertz CT molecular complexity index is 451. The van der Waals surface area contributed by atoms with Crippen molar-refractivity contribution in [2.45, 2.75) is 25.6 Å². The van der Waals surface area contributed by atoms with Crippen LogP contribution in [0.5, 0.6) is 0 Å². The Kier molecular flexibility index (Phi) is 3.32. The van der Waals surface area contributed by atoms with Gasteiger partial charge in [-0.1, -0.05) is 6.07 Å². The molecule has 0 aliphatic carbocycles. The van der Waals surface area contributed by atoms with E-state index < -0.39 is 6.10 Å². The lowest BCUT2D eigenvalue weighted by Crippen LogP contribution is -2.23. The molecule has 2 rings (SSSR count). The van der Waals surface area contributed by atoms with Gasteiger partial charge in [0.05, 0.1) is 23.8 Å². The van der Waals surface area contributed by atoms with Crippen LogP contribution in [0, 0.1) is 11.3 Å². The molecule has 4 nitrogen and oxygen atoms in total. The zero-order valence-electron chi connectivity index (χ0n) is 9.80. The smallest absolute Gasteiger partial charge is 0.0992 e. The van der Waals surface area contributed by atoms with Crippen molar-refractivity contribution < 1.29 is 10.2 Å². The van der Waals surface area contributed by atoms with E-state index >= 15 is 0 Å². The van der Waals surface area contributed by atoms with Crippen molar-refractivity contribution in [3.63, 3.8) is 0 Å². The first-order valence-electron chi connectivity index (χ1n) is 5.77. The quantitative estimate of drug-likeness (QED) is 0.803. The van der Waals surface area contributed by atoms with E-state index in [1.165, 1.54) is 0 Å². The summed E-state index contributed by atoms with van der Waals surface area (Å²) in [6, 6.07) is 7.36. The lowest BCUT2D eigenvalue weighted by Gasteiger charge is -2.23. The molecular formula is C13H16N2O2. The molecule has 1 heterocycles. The molecule has 0 bridgehead atoms. The Morgan fingerprint density at radius 2 is 2.29 bits per heavy atom. The molecule has 1 fully saturated rings. The molecule has 2 atom stereocenters.